The van der Waals surface area contributed by atoms with Crippen LogP contribution in [0.3, 0.4) is 0 Å². The van der Waals surface area contributed by atoms with E-state index >= 15 is 0 Å². The van der Waals surface area contributed by atoms with Gasteiger partial charge in [0.25, 0.3) is 5.91 Å². The number of nitrogens with one attached hydrogen (secondary N) is 1. The Hall–Kier alpha value is -3.37. The monoisotopic (exact) mass is 489 g/mol. The molecule has 1 saturated heterocycles. The lowest BCUT2D eigenvalue weighted by Gasteiger charge is -2.38. The number of ether oxygens (including phenoxy) is 1. The Labute approximate surface area is 200 Å². The van der Waals surface area contributed by atoms with Gasteiger partial charge in [0, 0.05) is 68.8 Å². The predicted octanol–water partition coefficient (Wildman–Crippen LogP) is 2.56. The normalized spacial score (nSPS) is 20.0. The highest BCUT2D eigenvalue weighted by molar-refractivity contribution is 6.13. The van der Waals surface area contributed by atoms with Crippen LogP contribution >= 0.6 is 0 Å². The van der Waals surface area contributed by atoms with Crippen molar-refractivity contribution in [2.75, 3.05) is 40.4 Å². The Morgan fingerprint density at radius 2 is 2.00 bits per heavy atom. The van der Waals surface area contributed by atoms with Gasteiger partial charge in [0.2, 0.25) is 5.60 Å². The number of aliphatic imine (C=N–C) groups is 1. The number of benzene rings is 2. The zero-order valence-electron chi connectivity index (χ0n) is 19.3. The fourth-order valence-electron chi connectivity index (χ4n) is 4.57. The first-order chi connectivity index (χ1) is 16.6. The van der Waals surface area contributed by atoms with Gasteiger partial charge in [0.15, 0.2) is 6.61 Å². The van der Waals surface area contributed by atoms with Crippen molar-refractivity contribution >= 4 is 17.7 Å². The highest BCUT2D eigenvalue weighted by Gasteiger charge is 2.61. The standard InChI is InChI=1S/C25H26F3N3O4/c1-29-9-16(10-30-2)19-7-17(35-14-22(33)31-11-15(12-31)13-32)8-21-23(19)18-5-3-4-6-20(18)24(21,34)25(26,27)28/h3-10,15,29,32,34H,11-14H2,1-2H3. The zero-order chi connectivity index (χ0) is 25.4. The van der Waals surface area contributed by atoms with Gasteiger partial charge < -0.3 is 25.2 Å². The first kappa shape index (κ1) is 24.7. The molecule has 1 unspecified atom stereocenters. The molecule has 0 spiro atoms. The quantitative estimate of drug-likeness (QED) is 0.520. The maximum Gasteiger partial charge on any atom is 0.425 e. The van der Waals surface area contributed by atoms with Crippen molar-refractivity contribution in [3.8, 4) is 16.9 Å². The maximum absolute atomic E-state index is 14.4. The van der Waals surface area contributed by atoms with Crippen LogP contribution in [0.1, 0.15) is 16.7 Å². The summed E-state index contributed by atoms with van der Waals surface area (Å²) in [6.07, 6.45) is -1.94. The van der Waals surface area contributed by atoms with Crippen LogP contribution in [0.4, 0.5) is 13.2 Å². The summed E-state index contributed by atoms with van der Waals surface area (Å²) in [7, 11) is 3.19. The van der Waals surface area contributed by atoms with Gasteiger partial charge in [-0.25, -0.2) is 0 Å². The SMILES string of the molecule is CN=CC(=CNC)c1cc(OCC(=O)N2CC(CO)C2)cc2c1-c1ccccc1C2(O)C(F)(F)F. The molecule has 186 valence electrons. The fourth-order valence-corrected chi connectivity index (χ4v) is 4.57. The Morgan fingerprint density at radius 3 is 2.63 bits per heavy atom. The molecule has 4 rings (SSSR count). The lowest BCUT2D eigenvalue weighted by atomic mass is 9.89. The molecule has 2 aromatic carbocycles. The molecule has 1 atom stereocenters. The van der Waals surface area contributed by atoms with Gasteiger partial charge >= 0.3 is 6.18 Å². The number of allylic oxidation sites excluding steroid dienone is 1. The van der Waals surface area contributed by atoms with Crippen LogP contribution in [0.5, 0.6) is 5.75 Å². The second kappa shape index (κ2) is 9.35. The molecule has 1 aliphatic heterocycles. The number of carbonyl (C=O) groups excluding carboxylic acids is 1. The summed E-state index contributed by atoms with van der Waals surface area (Å²) in [6, 6.07) is 8.54. The van der Waals surface area contributed by atoms with Gasteiger partial charge in [0.05, 0.1) is 0 Å². The molecular formula is C25H26F3N3O4. The van der Waals surface area contributed by atoms with Crippen molar-refractivity contribution < 1.29 is 32.9 Å². The van der Waals surface area contributed by atoms with Crippen molar-refractivity contribution in [2.24, 2.45) is 10.9 Å². The van der Waals surface area contributed by atoms with Crippen LogP contribution < -0.4 is 10.1 Å². The zero-order valence-corrected chi connectivity index (χ0v) is 19.3. The Kier molecular flexibility index (Phi) is 6.61. The van der Waals surface area contributed by atoms with E-state index in [-0.39, 0.29) is 53.0 Å². The van der Waals surface area contributed by atoms with Gasteiger partial charge in [0.1, 0.15) is 5.75 Å². The van der Waals surface area contributed by atoms with E-state index in [4.69, 9.17) is 9.84 Å². The van der Waals surface area contributed by atoms with Crippen LogP contribution in [0, 0.1) is 5.92 Å². The number of hydrogen-bond acceptors (Lipinski definition) is 6. The first-order valence-electron chi connectivity index (χ1n) is 11.0. The van der Waals surface area contributed by atoms with Gasteiger partial charge in [-0.15, -0.1) is 0 Å². The molecule has 35 heavy (non-hydrogen) atoms. The van der Waals surface area contributed by atoms with Gasteiger partial charge in [-0.1, -0.05) is 24.3 Å². The van der Waals surface area contributed by atoms with Crippen molar-refractivity contribution in [1.82, 2.24) is 10.2 Å². The molecule has 1 amide bonds. The molecule has 10 heteroatoms. The second-order valence-corrected chi connectivity index (χ2v) is 8.56. The maximum atomic E-state index is 14.4. The lowest BCUT2D eigenvalue weighted by Crippen LogP contribution is -2.52. The van der Waals surface area contributed by atoms with Gasteiger partial charge in [-0.2, -0.15) is 13.2 Å². The summed E-state index contributed by atoms with van der Waals surface area (Å²) < 4.78 is 48.8. The summed E-state index contributed by atoms with van der Waals surface area (Å²) in [4.78, 5) is 18.0. The third-order valence-corrected chi connectivity index (χ3v) is 6.31. The molecule has 2 aliphatic rings. The largest absolute Gasteiger partial charge is 0.484 e. The van der Waals surface area contributed by atoms with Crippen molar-refractivity contribution in [3.05, 3.63) is 59.3 Å². The van der Waals surface area contributed by atoms with Crippen LogP contribution in [-0.2, 0) is 10.4 Å². The van der Waals surface area contributed by atoms with Crippen molar-refractivity contribution in [1.29, 1.82) is 0 Å². The van der Waals surface area contributed by atoms with Crippen molar-refractivity contribution in [3.63, 3.8) is 0 Å². The third kappa shape index (κ3) is 4.17. The average molecular weight is 489 g/mol. The van der Waals surface area contributed by atoms with Crippen LogP contribution in [0.15, 0.2) is 47.6 Å². The van der Waals surface area contributed by atoms with E-state index in [1.54, 1.807) is 25.4 Å². The van der Waals surface area contributed by atoms with E-state index in [1.165, 1.54) is 36.4 Å². The second-order valence-electron chi connectivity index (χ2n) is 8.56. The molecular weight excluding hydrogens is 463 g/mol. The number of aliphatic hydroxyl groups excluding tert-OH is 1. The van der Waals surface area contributed by atoms with E-state index in [0.29, 0.717) is 24.2 Å². The number of alkyl halides is 3. The summed E-state index contributed by atoms with van der Waals surface area (Å²) >= 11 is 0. The number of fused-ring (bicyclic) bond motifs is 3. The number of hydrogen-bond donors (Lipinski definition) is 3. The lowest BCUT2D eigenvalue weighted by molar-refractivity contribution is -0.246. The number of rotatable bonds is 7. The Balaban J connectivity index is 1.83. The molecule has 1 heterocycles. The summed E-state index contributed by atoms with van der Waals surface area (Å²) in [6.45, 7) is 0.397. The Morgan fingerprint density at radius 1 is 1.29 bits per heavy atom. The molecule has 1 aliphatic carbocycles. The van der Waals surface area contributed by atoms with E-state index < -0.39 is 11.8 Å². The Bertz CT molecular complexity index is 1190. The van der Waals surface area contributed by atoms with E-state index in [2.05, 4.69) is 10.3 Å². The van der Waals surface area contributed by atoms with E-state index in [1.807, 2.05) is 0 Å². The van der Waals surface area contributed by atoms with Gasteiger partial charge in [-0.3, -0.25) is 9.79 Å². The fraction of sp³-hybridized carbons (Fsp3) is 0.360. The minimum absolute atomic E-state index is 0.00770. The molecule has 0 aromatic heterocycles. The number of amides is 1. The number of halogens is 3. The summed E-state index contributed by atoms with van der Waals surface area (Å²) in [5.41, 5.74) is -2.60. The summed E-state index contributed by atoms with van der Waals surface area (Å²) in [5, 5.41) is 23.1. The highest BCUT2D eigenvalue weighted by atomic mass is 19.4. The minimum Gasteiger partial charge on any atom is -0.484 e. The first-order valence-corrected chi connectivity index (χ1v) is 11.0. The highest BCUT2D eigenvalue weighted by Crippen LogP contribution is 2.57. The van der Waals surface area contributed by atoms with Crippen LogP contribution in [0.25, 0.3) is 16.7 Å². The predicted molar refractivity (Wildman–Crippen MR) is 125 cm³/mol. The molecule has 2 aromatic rings. The topological polar surface area (TPSA) is 94.4 Å². The number of carbonyl (C=O) groups is 1. The molecule has 0 bridgehead atoms. The summed E-state index contributed by atoms with van der Waals surface area (Å²) in [5.74, 6) is -0.311. The molecule has 1 fully saturated rings. The van der Waals surface area contributed by atoms with Crippen molar-refractivity contribution in [2.45, 2.75) is 11.8 Å². The number of nitrogens with zero attached hydrogens (tertiary/aromatic N) is 2. The molecule has 3 N–H and O–H groups in total. The van der Waals surface area contributed by atoms with Crippen LogP contribution in [-0.4, -0.2) is 73.8 Å². The number of likely N-dealkylation sites (tertiary alicyclic amines) is 1. The van der Waals surface area contributed by atoms with E-state index in [0.717, 1.165) is 6.07 Å². The smallest absolute Gasteiger partial charge is 0.425 e. The average Bonchev–Trinajstić information content (AvgIpc) is 3.06. The van der Waals surface area contributed by atoms with Crippen LogP contribution in [0.2, 0.25) is 0 Å². The molecule has 0 saturated carbocycles. The molecule has 0 radical (unpaired) electrons. The third-order valence-electron chi connectivity index (χ3n) is 6.31. The van der Waals surface area contributed by atoms with E-state index in [9.17, 15) is 23.1 Å². The molecule has 7 nitrogen and oxygen atoms in total. The minimum atomic E-state index is -5.01. The number of aliphatic hydroxyl groups is 2. The van der Waals surface area contributed by atoms with Gasteiger partial charge in [-0.05, 0) is 28.8 Å².